The molecule has 3 aromatic rings. The molecule has 1 nitrogen and oxygen atoms in total. The summed E-state index contributed by atoms with van der Waals surface area (Å²) in [6.45, 7) is 4.20. The predicted octanol–water partition coefficient (Wildman–Crippen LogP) is -1.91. The maximum Gasteiger partial charge on any atom is 4.00 e. The Kier molecular flexibility index (Phi) is 8.70. The van der Waals surface area contributed by atoms with Crippen LogP contribution in [0.15, 0.2) is 36.4 Å². The first-order valence-electron chi connectivity index (χ1n) is 6.45. The molecule has 0 saturated heterocycles. The number of H-pyrrole nitrogens is 1. The van der Waals surface area contributed by atoms with Crippen LogP contribution in [-0.4, -0.2) is 4.98 Å². The van der Waals surface area contributed by atoms with Gasteiger partial charge in [-0.25, -0.2) is 12.1 Å². The van der Waals surface area contributed by atoms with E-state index in [1.807, 2.05) is 0 Å². The topological polar surface area (TPSA) is 15.8 Å². The van der Waals surface area contributed by atoms with Gasteiger partial charge in [0.25, 0.3) is 0 Å². The molecule has 4 heteroatoms. The second-order valence-corrected chi connectivity index (χ2v) is 4.95. The Morgan fingerprint density at radius 2 is 1.86 bits per heavy atom. The van der Waals surface area contributed by atoms with Crippen molar-refractivity contribution in [2.75, 3.05) is 0 Å². The monoisotopic (exact) mass is 395 g/mol. The Morgan fingerprint density at radius 1 is 1.10 bits per heavy atom. The molecule has 0 radical (unpaired) electrons. The van der Waals surface area contributed by atoms with Crippen LogP contribution in [0.4, 0.5) is 0 Å². The van der Waals surface area contributed by atoms with Gasteiger partial charge >= 0.3 is 26.2 Å². The number of aryl methyl sites for hydroxylation is 4. The van der Waals surface area contributed by atoms with Gasteiger partial charge < -0.3 is 29.8 Å². The molecule has 0 bridgehead atoms. The van der Waals surface area contributed by atoms with Crippen molar-refractivity contribution in [3.63, 3.8) is 0 Å². The average Bonchev–Trinajstić information content (AvgIpc) is 2.86. The van der Waals surface area contributed by atoms with Crippen LogP contribution in [0.1, 0.15) is 22.3 Å². The third kappa shape index (κ3) is 4.28. The molecule has 0 amide bonds. The van der Waals surface area contributed by atoms with Crippen LogP contribution in [0.25, 0.3) is 10.9 Å². The smallest absolute Gasteiger partial charge is 1.00 e. The van der Waals surface area contributed by atoms with Crippen LogP contribution < -0.4 is 24.8 Å². The van der Waals surface area contributed by atoms with E-state index in [1.165, 1.54) is 34.9 Å². The standard InChI is InChI=1S/C10H10N.C7H7.2ClH.Zr/c1-7-4-3-5-9-10(7)8(2)6-11-9;1-2-6-4-5-7(6)3-1;;;/h3-5,11H,1-2H3;1-3H,4-5H2;2*1H;/q2*-1;;;+4/p-2. The largest absolute Gasteiger partial charge is 4.00 e. The van der Waals surface area contributed by atoms with E-state index in [0.717, 1.165) is 0 Å². The fourth-order valence-electron chi connectivity index (χ4n) is 2.57. The van der Waals surface area contributed by atoms with Crippen molar-refractivity contribution in [2.24, 2.45) is 0 Å². The SMILES string of the molecule is Cc1[c-][nH]c2cccc(C)c12.[Cl-].[Cl-].[Zr+4].c1cc2[c-](c1)CC2. The summed E-state index contributed by atoms with van der Waals surface area (Å²) in [7, 11) is 0. The summed E-state index contributed by atoms with van der Waals surface area (Å²) in [6, 6.07) is 12.8. The summed E-state index contributed by atoms with van der Waals surface area (Å²) < 4.78 is 0. The normalized spacial score (nSPS) is 10.8. The van der Waals surface area contributed by atoms with Crippen LogP contribution in [0.2, 0.25) is 0 Å². The zero-order chi connectivity index (χ0) is 12.5. The zero-order valence-corrected chi connectivity index (χ0v) is 16.1. The van der Waals surface area contributed by atoms with Crippen molar-refractivity contribution in [1.82, 2.24) is 4.98 Å². The molecule has 0 fully saturated rings. The predicted molar refractivity (Wildman–Crippen MR) is 76.1 cm³/mol. The molecule has 1 aliphatic carbocycles. The summed E-state index contributed by atoms with van der Waals surface area (Å²) in [6.07, 6.45) is 5.74. The van der Waals surface area contributed by atoms with E-state index in [0.29, 0.717) is 0 Å². The molecule has 0 saturated carbocycles. The van der Waals surface area contributed by atoms with Crippen molar-refractivity contribution < 1.29 is 51.0 Å². The number of hydrogen-bond donors (Lipinski definition) is 1. The summed E-state index contributed by atoms with van der Waals surface area (Å²) in [4.78, 5) is 3.10. The molecule has 1 aliphatic rings. The minimum Gasteiger partial charge on any atom is -1.00 e. The minimum atomic E-state index is 0. The molecule has 2 aromatic carbocycles. The van der Waals surface area contributed by atoms with E-state index in [1.54, 1.807) is 11.1 Å². The number of rotatable bonds is 0. The number of aromatic nitrogens is 1. The first-order chi connectivity index (χ1) is 8.75. The van der Waals surface area contributed by atoms with Gasteiger partial charge in [0.1, 0.15) is 0 Å². The quantitative estimate of drug-likeness (QED) is 0.427. The molecule has 108 valence electrons. The van der Waals surface area contributed by atoms with Gasteiger partial charge in [-0.2, -0.15) is 22.8 Å². The second-order valence-electron chi connectivity index (χ2n) is 4.95. The molecule has 1 N–H and O–H groups in total. The Hall–Kier alpha value is -0.427. The number of aromatic amines is 1. The molecule has 21 heavy (non-hydrogen) atoms. The zero-order valence-electron chi connectivity index (χ0n) is 12.1. The number of hydrogen-bond acceptors (Lipinski definition) is 0. The van der Waals surface area contributed by atoms with Crippen LogP contribution in [0.5, 0.6) is 0 Å². The molecule has 1 aromatic heterocycles. The first kappa shape index (κ1) is 20.6. The van der Waals surface area contributed by atoms with E-state index in [2.05, 4.69) is 61.4 Å². The van der Waals surface area contributed by atoms with E-state index in [-0.39, 0.29) is 51.0 Å². The maximum absolute atomic E-state index is 3.10. The number of benzene rings is 1. The molecule has 0 atom stereocenters. The Morgan fingerprint density at radius 3 is 2.33 bits per heavy atom. The number of fused-ring (bicyclic) bond motifs is 2. The summed E-state index contributed by atoms with van der Waals surface area (Å²) >= 11 is 0. The van der Waals surface area contributed by atoms with Crippen molar-refractivity contribution in [2.45, 2.75) is 26.7 Å². The van der Waals surface area contributed by atoms with Crippen LogP contribution >= 0.6 is 0 Å². The maximum atomic E-state index is 3.10. The number of nitrogens with one attached hydrogen (secondary N) is 1. The fourth-order valence-corrected chi connectivity index (χ4v) is 2.57. The van der Waals surface area contributed by atoms with Gasteiger partial charge in [-0.1, -0.05) is 38.8 Å². The first-order valence-corrected chi connectivity index (χ1v) is 6.45. The molecule has 0 unspecified atom stereocenters. The molecule has 1 heterocycles. The average molecular weight is 397 g/mol. The Balaban J connectivity index is 0.000000354. The van der Waals surface area contributed by atoms with Gasteiger partial charge in [-0.15, -0.1) is 28.7 Å². The second kappa shape index (κ2) is 8.88. The van der Waals surface area contributed by atoms with E-state index in [9.17, 15) is 0 Å². The van der Waals surface area contributed by atoms with Crippen molar-refractivity contribution in [3.8, 4) is 0 Å². The minimum absolute atomic E-state index is 0. The van der Waals surface area contributed by atoms with E-state index < -0.39 is 0 Å². The third-order valence-electron chi connectivity index (χ3n) is 3.70. The van der Waals surface area contributed by atoms with Gasteiger partial charge in [-0.3, -0.25) is 0 Å². The van der Waals surface area contributed by atoms with Crippen LogP contribution in [0, 0.1) is 20.0 Å². The third-order valence-corrected chi connectivity index (χ3v) is 3.70. The summed E-state index contributed by atoms with van der Waals surface area (Å²) in [5.74, 6) is 0. The van der Waals surface area contributed by atoms with E-state index >= 15 is 0 Å². The number of halogens is 2. The fraction of sp³-hybridized carbons (Fsp3) is 0.235. The van der Waals surface area contributed by atoms with E-state index in [4.69, 9.17) is 0 Å². The van der Waals surface area contributed by atoms with Crippen molar-refractivity contribution >= 4 is 10.9 Å². The van der Waals surface area contributed by atoms with Crippen molar-refractivity contribution in [3.05, 3.63) is 64.8 Å². The molecule has 0 aliphatic heterocycles. The molecular weight excluding hydrogens is 380 g/mol. The van der Waals surface area contributed by atoms with Crippen LogP contribution in [-0.2, 0) is 39.0 Å². The van der Waals surface area contributed by atoms with Gasteiger partial charge in [0.15, 0.2) is 0 Å². The van der Waals surface area contributed by atoms with Gasteiger partial charge in [0.05, 0.1) is 0 Å². The van der Waals surface area contributed by atoms with Crippen LogP contribution in [0.3, 0.4) is 0 Å². The van der Waals surface area contributed by atoms with Gasteiger partial charge in [0.2, 0.25) is 0 Å². The summed E-state index contributed by atoms with van der Waals surface area (Å²) in [5.41, 5.74) is 6.85. The molecule has 4 rings (SSSR count). The molecule has 0 spiro atoms. The van der Waals surface area contributed by atoms with Crippen molar-refractivity contribution in [1.29, 1.82) is 0 Å². The molecular formula is C17H17Cl2NZr. The Labute approximate surface area is 157 Å². The Bertz CT molecular complexity index is 666. The van der Waals surface area contributed by atoms with Gasteiger partial charge in [0, 0.05) is 0 Å². The summed E-state index contributed by atoms with van der Waals surface area (Å²) in [5, 5.41) is 1.31. The van der Waals surface area contributed by atoms with Gasteiger partial charge in [-0.05, 0) is 0 Å².